The first-order chi connectivity index (χ1) is 24.2. The Bertz CT molecular complexity index is 1600. The molecule has 0 aliphatic carbocycles. The molecule has 0 bridgehead atoms. The number of carbonyl (C=O) groups excluding carboxylic acids is 2. The SMILES string of the molecule is COc1cc(-c2cncc(C(=O)N(C)CCCCCCN(C)C(=O)c3cncc(-c4cc(OC)c(OC)c(OC)c4)c3)c2)cc(OC)c1OC. The molecular weight excluding hydrogens is 640 g/mol. The van der Waals surface area contributed by atoms with E-state index in [0.717, 1.165) is 47.9 Å². The summed E-state index contributed by atoms with van der Waals surface area (Å²) in [7, 11) is 12.9. The summed E-state index contributed by atoms with van der Waals surface area (Å²) in [5.41, 5.74) is 4.06. The van der Waals surface area contributed by atoms with Crippen LogP contribution in [-0.4, -0.2) is 101 Å². The molecule has 2 aromatic heterocycles. The molecule has 2 aromatic carbocycles. The van der Waals surface area contributed by atoms with Gasteiger partial charge in [0.2, 0.25) is 11.5 Å². The Labute approximate surface area is 293 Å². The molecule has 4 aromatic rings. The molecule has 12 nitrogen and oxygen atoms in total. The fraction of sp³-hybridized carbons (Fsp3) is 0.368. The second-order valence-corrected chi connectivity index (χ2v) is 11.6. The largest absolute Gasteiger partial charge is 0.493 e. The van der Waals surface area contributed by atoms with Crippen LogP contribution in [0, 0.1) is 0 Å². The number of hydrogen-bond donors (Lipinski definition) is 0. The highest BCUT2D eigenvalue weighted by Gasteiger charge is 2.19. The van der Waals surface area contributed by atoms with Crippen molar-refractivity contribution >= 4 is 11.8 Å². The van der Waals surface area contributed by atoms with Crippen LogP contribution in [-0.2, 0) is 0 Å². The molecule has 2 amide bonds. The van der Waals surface area contributed by atoms with Crippen molar-refractivity contribution < 1.29 is 38.0 Å². The van der Waals surface area contributed by atoms with Gasteiger partial charge in [-0.15, -0.1) is 0 Å². The topological polar surface area (TPSA) is 122 Å². The average molecular weight is 687 g/mol. The van der Waals surface area contributed by atoms with Gasteiger partial charge in [-0.2, -0.15) is 0 Å². The summed E-state index contributed by atoms with van der Waals surface area (Å²) >= 11 is 0. The fourth-order valence-electron chi connectivity index (χ4n) is 5.62. The van der Waals surface area contributed by atoms with Gasteiger partial charge < -0.3 is 38.2 Å². The van der Waals surface area contributed by atoms with Crippen molar-refractivity contribution in [1.82, 2.24) is 19.8 Å². The smallest absolute Gasteiger partial charge is 0.255 e. The predicted molar refractivity (Wildman–Crippen MR) is 191 cm³/mol. The number of ether oxygens (including phenoxy) is 6. The zero-order valence-corrected chi connectivity index (χ0v) is 30.1. The molecule has 2 heterocycles. The van der Waals surface area contributed by atoms with Gasteiger partial charge in [-0.3, -0.25) is 19.6 Å². The van der Waals surface area contributed by atoms with E-state index in [0.29, 0.717) is 58.7 Å². The summed E-state index contributed by atoms with van der Waals surface area (Å²) in [6.07, 6.45) is 10.0. The molecule has 0 spiro atoms. The second kappa shape index (κ2) is 17.8. The minimum Gasteiger partial charge on any atom is -0.493 e. The first kappa shape index (κ1) is 37.3. The summed E-state index contributed by atoms with van der Waals surface area (Å²) in [5, 5.41) is 0. The Morgan fingerprint density at radius 2 is 0.820 bits per heavy atom. The van der Waals surface area contributed by atoms with E-state index in [1.54, 1.807) is 91.3 Å². The summed E-state index contributed by atoms with van der Waals surface area (Å²) in [5.74, 6) is 2.84. The number of unbranched alkanes of at least 4 members (excludes halogenated alkanes) is 3. The van der Waals surface area contributed by atoms with Crippen molar-refractivity contribution in [2.75, 3.05) is 69.8 Å². The molecule has 0 aliphatic heterocycles. The van der Waals surface area contributed by atoms with Gasteiger partial charge in [0.15, 0.2) is 23.0 Å². The maximum Gasteiger partial charge on any atom is 0.255 e. The van der Waals surface area contributed by atoms with Gasteiger partial charge in [-0.1, -0.05) is 12.8 Å². The highest BCUT2D eigenvalue weighted by atomic mass is 16.5. The number of pyridine rings is 2. The van der Waals surface area contributed by atoms with Crippen LogP contribution in [0.2, 0.25) is 0 Å². The monoisotopic (exact) mass is 686 g/mol. The van der Waals surface area contributed by atoms with Gasteiger partial charge in [0.1, 0.15) is 0 Å². The van der Waals surface area contributed by atoms with Crippen LogP contribution in [0.15, 0.2) is 61.2 Å². The van der Waals surface area contributed by atoms with Crippen LogP contribution in [0.5, 0.6) is 34.5 Å². The molecule has 12 heteroatoms. The Balaban J connectivity index is 1.27. The van der Waals surface area contributed by atoms with Crippen molar-refractivity contribution in [3.8, 4) is 56.8 Å². The van der Waals surface area contributed by atoms with Crippen molar-refractivity contribution in [1.29, 1.82) is 0 Å². The van der Waals surface area contributed by atoms with Crippen LogP contribution >= 0.6 is 0 Å². The zero-order valence-electron chi connectivity index (χ0n) is 30.1. The number of methoxy groups -OCH3 is 6. The van der Waals surface area contributed by atoms with Crippen molar-refractivity contribution in [3.63, 3.8) is 0 Å². The third-order valence-electron chi connectivity index (χ3n) is 8.40. The number of aromatic nitrogens is 2. The lowest BCUT2D eigenvalue weighted by Gasteiger charge is -2.19. The lowest BCUT2D eigenvalue weighted by Crippen LogP contribution is -2.28. The lowest BCUT2D eigenvalue weighted by molar-refractivity contribution is 0.0779. The maximum absolute atomic E-state index is 13.3. The van der Waals surface area contributed by atoms with E-state index < -0.39 is 0 Å². The zero-order chi connectivity index (χ0) is 36.2. The molecule has 266 valence electrons. The summed E-state index contributed by atoms with van der Waals surface area (Å²) in [6.45, 7) is 1.20. The van der Waals surface area contributed by atoms with Gasteiger partial charge in [0, 0.05) is 63.1 Å². The first-order valence-electron chi connectivity index (χ1n) is 16.2. The molecule has 0 unspecified atom stereocenters. The number of rotatable bonds is 17. The Kier molecular flexibility index (Phi) is 13.2. The Hall–Kier alpha value is -5.52. The summed E-state index contributed by atoms with van der Waals surface area (Å²) < 4.78 is 32.8. The van der Waals surface area contributed by atoms with E-state index in [-0.39, 0.29) is 11.8 Å². The number of nitrogens with zero attached hydrogens (tertiary/aromatic N) is 4. The quantitative estimate of drug-likeness (QED) is 0.118. The molecule has 0 N–H and O–H groups in total. The minimum atomic E-state index is -0.112. The van der Waals surface area contributed by atoms with Crippen LogP contribution in [0.3, 0.4) is 0 Å². The molecule has 50 heavy (non-hydrogen) atoms. The van der Waals surface area contributed by atoms with Crippen molar-refractivity contribution in [3.05, 3.63) is 72.3 Å². The number of amides is 2. The van der Waals surface area contributed by atoms with Crippen LogP contribution in [0.1, 0.15) is 46.4 Å². The van der Waals surface area contributed by atoms with E-state index in [1.165, 1.54) is 0 Å². The molecule has 0 fully saturated rings. The Morgan fingerprint density at radius 1 is 0.480 bits per heavy atom. The predicted octanol–water partition coefficient (Wildman–Crippen LogP) is 6.27. The third-order valence-corrected chi connectivity index (χ3v) is 8.40. The van der Waals surface area contributed by atoms with E-state index in [1.807, 2.05) is 36.4 Å². The molecule has 4 rings (SSSR count). The number of carbonyl (C=O) groups is 2. The van der Waals surface area contributed by atoms with Crippen LogP contribution in [0.4, 0.5) is 0 Å². The molecule has 0 atom stereocenters. The second-order valence-electron chi connectivity index (χ2n) is 11.6. The van der Waals surface area contributed by atoms with Gasteiger partial charge >= 0.3 is 0 Å². The van der Waals surface area contributed by atoms with Crippen LogP contribution in [0.25, 0.3) is 22.3 Å². The van der Waals surface area contributed by atoms with Crippen molar-refractivity contribution in [2.24, 2.45) is 0 Å². The highest BCUT2D eigenvalue weighted by Crippen LogP contribution is 2.42. The van der Waals surface area contributed by atoms with Gasteiger partial charge in [-0.05, 0) is 60.4 Å². The van der Waals surface area contributed by atoms with Gasteiger partial charge in [-0.25, -0.2) is 0 Å². The Morgan fingerprint density at radius 3 is 1.12 bits per heavy atom. The van der Waals surface area contributed by atoms with E-state index in [9.17, 15) is 9.59 Å². The molecule has 0 aliphatic rings. The summed E-state index contributed by atoms with van der Waals surface area (Å²) in [4.78, 5) is 38.6. The summed E-state index contributed by atoms with van der Waals surface area (Å²) in [6, 6.07) is 10.9. The van der Waals surface area contributed by atoms with Crippen LogP contribution < -0.4 is 28.4 Å². The standard InChI is InChI=1S/C38H46N4O8/c1-41(37(43)29-15-27(21-39-23-29)25-17-31(45-3)35(49-7)32(18-25)46-4)13-11-9-10-12-14-42(2)38(44)30-16-28(22-40-24-30)26-19-33(47-5)36(50-8)34(20-26)48-6/h15-24H,9-14H2,1-8H3. The van der Waals surface area contributed by atoms with Crippen molar-refractivity contribution in [2.45, 2.75) is 25.7 Å². The van der Waals surface area contributed by atoms with E-state index in [2.05, 4.69) is 9.97 Å². The normalized spacial score (nSPS) is 10.6. The lowest BCUT2D eigenvalue weighted by atomic mass is 10.0. The number of benzene rings is 2. The van der Waals surface area contributed by atoms with Gasteiger partial charge in [0.05, 0.1) is 53.8 Å². The first-order valence-corrected chi connectivity index (χ1v) is 16.2. The molecule has 0 radical (unpaired) electrons. The molecular formula is C38H46N4O8. The number of hydrogen-bond acceptors (Lipinski definition) is 10. The van der Waals surface area contributed by atoms with Gasteiger partial charge in [0.25, 0.3) is 11.8 Å². The highest BCUT2D eigenvalue weighted by molar-refractivity contribution is 5.95. The molecule has 0 saturated heterocycles. The van der Waals surface area contributed by atoms with E-state index >= 15 is 0 Å². The average Bonchev–Trinajstić information content (AvgIpc) is 3.16. The van der Waals surface area contributed by atoms with E-state index in [4.69, 9.17) is 28.4 Å². The fourth-order valence-corrected chi connectivity index (χ4v) is 5.62. The third kappa shape index (κ3) is 8.73. The maximum atomic E-state index is 13.3. The molecule has 0 saturated carbocycles. The minimum absolute atomic E-state index is 0.112.